The molecule has 8 heteroatoms. The van der Waals surface area contributed by atoms with Crippen LogP contribution >= 0.6 is 0 Å². The van der Waals surface area contributed by atoms with Crippen LogP contribution in [-0.2, 0) is 14.3 Å². The number of hydrogen-bond acceptors (Lipinski definition) is 6. The average Bonchev–Trinajstić information content (AvgIpc) is 2.71. The minimum absolute atomic E-state index is 0.215. The molecule has 2 fully saturated rings. The van der Waals surface area contributed by atoms with E-state index < -0.39 is 0 Å². The fourth-order valence-corrected chi connectivity index (χ4v) is 3.56. The molecule has 0 unspecified atom stereocenters. The Labute approximate surface area is 165 Å². The Morgan fingerprint density at radius 2 is 1.64 bits per heavy atom. The number of piperidine rings is 1. The van der Waals surface area contributed by atoms with E-state index in [2.05, 4.69) is 10.2 Å². The number of nitrogens with zero attached hydrogens (tertiary/aromatic N) is 2. The molecule has 0 aliphatic carbocycles. The summed E-state index contributed by atoms with van der Waals surface area (Å²) in [4.78, 5) is 27.2. The van der Waals surface area contributed by atoms with Crippen LogP contribution in [0.25, 0.3) is 0 Å². The summed E-state index contributed by atoms with van der Waals surface area (Å²) >= 11 is 0. The molecule has 2 aliphatic heterocycles. The van der Waals surface area contributed by atoms with Crippen molar-refractivity contribution in [3.05, 3.63) is 24.3 Å². The Bertz CT molecular complexity index is 644. The monoisotopic (exact) mass is 390 g/mol. The highest BCUT2D eigenvalue weighted by atomic mass is 16.5. The molecule has 154 valence electrons. The number of nitrogens with two attached hydrogens (primary N) is 1. The predicted octanol–water partition coefficient (Wildman–Crippen LogP) is 1.34. The molecule has 2 aliphatic rings. The first-order valence-corrected chi connectivity index (χ1v) is 9.99. The zero-order chi connectivity index (χ0) is 19.8. The largest absolute Gasteiger partial charge is 0.379 e. The number of benzene rings is 1. The molecule has 2 saturated heterocycles. The normalized spacial score (nSPS) is 18.5. The van der Waals surface area contributed by atoms with Gasteiger partial charge in [0.2, 0.25) is 5.91 Å². The predicted molar refractivity (Wildman–Crippen MR) is 108 cm³/mol. The third kappa shape index (κ3) is 5.67. The first kappa shape index (κ1) is 20.6. The summed E-state index contributed by atoms with van der Waals surface area (Å²) in [6.07, 6.45) is 2.53. The molecular weight excluding hydrogens is 360 g/mol. The van der Waals surface area contributed by atoms with Crippen molar-refractivity contribution in [2.75, 3.05) is 62.4 Å². The van der Waals surface area contributed by atoms with Crippen molar-refractivity contribution in [1.82, 2.24) is 5.32 Å². The van der Waals surface area contributed by atoms with Gasteiger partial charge in [0, 0.05) is 50.6 Å². The zero-order valence-corrected chi connectivity index (χ0v) is 16.3. The maximum atomic E-state index is 11.9. The van der Waals surface area contributed by atoms with Crippen LogP contribution < -0.4 is 20.9 Å². The van der Waals surface area contributed by atoms with E-state index in [0.29, 0.717) is 45.2 Å². The molecule has 2 heterocycles. The summed E-state index contributed by atoms with van der Waals surface area (Å²) in [6, 6.07) is 7.64. The SMILES string of the molecule is NCCOCCOCC1CCN(c2ccc(N3CCC(=O)NC3=O)cc2)CC1. The summed E-state index contributed by atoms with van der Waals surface area (Å²) < 4.78 is 11.0. The number of hydrogen-bond donors (Lipinski definition) is 2. The number of ether oxygens (including phenoxy) is 2. The van der Waals surface area contributed by atoms with Gasteiger partial charge in [0.15, 0.2) is 0 Å². The summed E-state index contributed by atoms with van der Waals surface area (Å²) in [7, 11) is 0. The standard InChI is InChI=1S/C20H30N4O4/c21-8-12-27-13-14-28-15-16-5-9-23(10-6-16)17-1-3-18(4-2-17)24-11-7-19(25)22-20(24)26/h1-4,16H,5-15,21H2,(H,22,25,26). The maximum Gasteiger partial charge on any atom is 0.328 e. The lowest BCUT2D eigenvalue weighted by Gasteiger charge is -2.34. The van der Waals surface area contributed by atoms with Crippen LogP contribution in [0.2, 0.25) is 0 Å². The highest BCUT2D eigenvalue weighted by Gasteiger charge is 2.24. The lowest BCUT2D eigenvalue weighted by molar-refractivity contribution is -0.120. The van der Waals surface area contributed by atoms with Crippen molar-refractivity contribution >= 4 is 23.3 Å². The molecular formula is C20H30N4O4. The number of urea groups is 1. The van der Waals surface area contributed by atoms with E-state index in [0.717, 1.165) is 43.9 Å². The van der Waals surface area contributed by atoms with Crippen molar-refractivity contribution in [2.24, 2.45) is 11.7 Å². The summed E-state index contributed by atoms with van der Waals surface area (Å²) in [5.41, 5.74) is 7.35. The number of rotatable bonds is 9. The van der Waals surface area contributed by atoms with Gasteiger partial charge in [-0.3, -0.25) is 15.0 Å². The van der Waals surface area contributed by atoms with Gasteiger partial charge in [0.1, 0.15) is 0 Å². The van der Waals surface area contributed by atoms with E-state index in [1.807, 2.05) is 24.3 Å². The first-order valence-electron chi connectivity index (χ1n) is 9.99. The van der Waals surface area contributed by atoms with Crippen LogP contribution in [-0.4, -0.2) is 64.5 Å². The van der Waals surface area contributed by atoms with Crippen LogP contribution in [0.1, 0.15) is 19.3 Å². The average molecular weight is 390 g/mol. The number of anilines is 2. The quantitative estimate of drug-likeness (QED) is 0.618. The highest BCUT2D eigenvalue weighted by molar-refractivity contribution is 6.05. The number of nitrogens with one attached hydrogen (secondary N) is 1. The van der Waals surface area contributed by atoms with Crippen LogP contribution in [0.4, 0.5) is 16.2 Å². The molecule has 3 rings (SSSR count). The van der Waals surface area contributed by atoms with Crippen LogP contribution in [0, 0.1) is 5.92 Å². The van der Waals surface area contributed by atoms with Crippen LogP contribution in [0.3, 0.4) is 0 Å². The minimum Gasteiger partial charge on any atom is -0.379 e. The lowest BCUT2D eigenvalue weighted by Crippen LogP contribution is -2.49. The minimum atomic E-state index is -0.349. The molecule has 1 aromatic rings. The van der Waals surface area contributed by atoms with Gasteiger partial charge in [-0.2, -0.15) is 0 Å². The van der Waals surface area contributed by atoms with Crippen molar-refractivity contribution in [2.45, 2.75) is 19.3 Å². The molecule has 0 radical (unpaired) electrons. The van der Waals surface area contributed by atoms with Gasteiger partial charge in [0.05, 0.1) is 19.8 Å². The molecule has 0 bridgehead atoms. The smallest absolute Gasteiger partial charge is 0.328 e. The number of carbonyl (C=O) groups excluding carboxylic acids is 2. The fourth-order valence-electron chi connectivity index (χ4n) is 3.56. The second kappa shape index (κ2) is 10.4. The number of carbonyl (C=O) groups is 2. The fraction of sp³-hybridized carbons (Fsp3) is 0.600. The van der Waals surface area contributed by atoms with Gasteiger partial charge < -0.3 is 20.1 Å². The van der Waals surface area contributed by atoms with Gasteiger partial charge in [0.25, 0.3) is 0 Å². The molecule has 1 aromatic carbocycles. The topological polar surface area (TPSA) is 97.1 Å². The molecule has 3 N–H and O–H groups in total. The number of imide groups is 1. The van der Waals surface area contributed by atoms with Crippen molar-refractivity contribution in [3.63, 3.8) is 0 Å². The summed E-state index contributed by atoms with van der Waals surface area (Å²) in [6.45, 7) is 5.55. The second-order valence-corrected chi connectivity index (χ2v) is 7.18. The van der Waals surface area contributed by atoms with Gasteiger partial charge in [-0.1, -0.05) is 0 Å². The molecule has 0 saturated carbocycles. The van der Waals surface area contributed by atoms with E-state index in [1.54, 1.807) is 4.90 Å². The third-order valence-electron chi connectivity index (χ3n) is 5.18. The van der Waals surface area contributed by atoms with Crippen LogP contribution in [0.15, 0.2) is 24.3 Å². The van der Waals surface area contributed by atoms with Crippen LogP contribution in [0.5, 0.6) is 0 Å². The molecule has 0 aromatic heterocycles. The van der Waals surface area contributed by atoms with E-state index >= 15 is 0 Å². The highest BCUT2D eigenvalue weighted by Crippen LogP contribution is 2.26. The molecule has 0 spiro atoms. The molecule has 0 atom stereocenters. The Morgan fingerprint density at radius 3 is 2.32 bits per heavy atom. The van der Waals surface area contributed by atoms with E-state index in [4.69, 9.17) is 15.2 Å². The van der Waals surface area contributed by atoms with Crippen molar-refractivity contribution in [1.29, 1.82) is 0 Å². The Kier molecular flexibility index (Phi) is 7.64. The summed E-state index contributed by atoms with van der Waals surface area (Å²) in [5, 5.41) is 2.35. The Hall–Kier alpha value is -2.16. The molecule has 28 heavy (non-hydrogen) atoms. The molecule has 3 amide bonds. The lowest BCUT2D eigenvalue weighted by atomic mass is 9.97. The van der Waals surface area contributed by atoms with Gasteiger partial charge in [-0.05, 0) is 43.0 Å². The Balaban J connectivity index is 1.41. The van der Waals surface area contributed by atoms with Crippen molar-refractivity contribution in [3.8, 4) is 0 Å². The zero-order valence-electron chi connectivity index (χ0n) is 16.3. The van der Waals surface area contributed by atoms with E-state index in [-0.39, 0.29) is 11.9 Å². The van der Waals surface area contributed by atoms with Crippen molar-refractivity contribution < 1.29 is 19.1 Å². The summed E-state index contributed by atoms with van der Waals surface area (Å²) in [5.74, 6) is 0.368. The van der Waals surface area contributed by atoms with E-state index in [9.17, 15) is 9.59 Å². The Morgan fingerprint density at radius 1 is 0.964 bits per heavy atom. The maximum absolute atomic E-state index is 11.9. The van der Waals surface area contributed by atoms with Gasteiger partial charge in [-0.15, -0.1) is 0 Å². The number of amides is 3. The van der Waals surface area contributed by atoms with Gasteiger partial charge >= 0.3 is 6.03 Å². The van der Waals surface area contributed by atoms with E-state index in [1.165, 1.54) is 0 Å². The second-order valence-electron chi connectivity index (χ2n) is 7.18. The third-order valence-corrected chi connectivity index (χ3v) is 5.18. The molecule has 8 nitrogen and oxygen atoms in total. The first-order chi connectivity index (χ1) is 13.7. The van der Waals surface area contributed by atoms with Gasteiger partial charge in [-0.25, -0.2) is 4.79 Å².